The average molecular weight is 283 g/mol. The first-order valence-electron chi connectivity index (χ1n) is 8.22. The number of piperidine rings is 1. The smallest absolute Gasteiger partial charge is 0.234 e. The summed E-state index contributed by atoms with van der Waals surface area (Å²) in [5.41, 5.74) is 0. The molecule has 3 unspecified atom stereocenters. The minimum atomic E-state index is 0.169. The van der Waals surface area contributed by atoms with Crippen molar-refractivity contribution < 1.29 is 4.79 Å². The molecule has 0 radical (unpaired) electrons. The van der Waals surface area contributed by atoms with E-state index in [0.717, 1.165) is 26.1 Å². The van der Waals surface area contributed by atoms with E-state index in [1.54, 1.807) is 0 Å². The number of carbonyl (C=O) groups excluding carboxylic acids is 1. The molecule has 1 rings (SSSR count). The molecule has 0 bridgehead atoms. The quantitative estimate of drug-likeness (QED) is 0.749. The first kappa shape index (κ1) is 17.4. The van der Waals surface area contributed by atoms with Crippen LogP contribution < -0.4 is 10.6 Å². The third-order valence-corrected chi connectivity index (χ3v) is 4.56. The molecule has 1 aliphatic rings. The molecule has 0 aromatic rings. The fourth-order valence-corrected chi connectivity index (χ4v) is 2.87. The Balaban J connectivity index is 2.40. The monoisotopic (exact) mass is 283 g/mol. The van der Waals surface area contributed by atoms with Crippen molar-refractivity contribution in [1.82, 2.24) is 15.5 Å². The Kier molecular flexibility index (Phi) is 7.52. The molecule has 0 saturated carbocycles. The predicted octanol–water partition coefficient (Wildman–Crippen LogP) is 1.86. The molecule has 0 aliphatic carbocycles. The molecule has 118 valence electrons. The van der Waals surface area contributed by atoms with Gasteiger partial charge >= 0.3 is 0 Å². The number of nitrogens with zero attached hydrogens (tertiary/aromatic N) is 1. The lowest BCUT2D eigenvalue weighted by molar-refractivity contribution is -0.123. The lowest BCUT2D eigenvalue weighted by Crippen LogP contribution is -2.52. The Morgan fingerprint density at radius 3 is 2.55 bits per heavy atom. The Hall–Kier alpha value is -0.610. The summed E-state index contributed by atoms with van der Waals surface area (Å²) >= 11 is 0. The van der Waals surface area contributed by atoms with Crippen molar-refractivity contribution in [2.75, 3.05) is 26.2 Å². The number of nitrogens with one attached hydrogen (secondary N) is 2. The van der Waals surface area contributed by atoms with Gasteiger partial charge < -0.3 is 10.6 Å². The zero-order valence-electron chi connectivity index (χ0n) is 13.9. The highest BCUT2D eigenvalue weighted by Gasteiger charge is 2.28. The molecule has 1 heterocycles. The van der Waals surface area contributed by atoms with E-state index in [2.05, 4.69) is 50.2 Å². The Labute approximate surface area is 124 Å². The van der Waals surface area contributed by atoms with E-state index in [1.807, 2.05) is 0 Å². The fraction of sp³-hybridized carbons (Fsp3) is 0.938. The molecule has 0 spiro atoms. The van der Waals surface area contributed by atoms with Crippen LogP contribution in [0.1, 0.15) is 47.5 Å². The number of hydrogen-bond acceptors (Lipinski definition) is 3. The number of hydrogen-bond donors (Lipinski definition) is 2. The van der Waals surface area contributed by atoms with Gasteiger partial charge in [0.1, 0.15) is 0 Å². The lowest BCUT2D eigenvalue weighted by Gasteiger charge is -2.38. The van der Waals surface area contributed by atoms with Crippen LogP contribution in [0, 0.1) is 11.8 Å². The first-order valence-corrected chi connectivity index (χ1v) is 8.22. The van der Waals surface area contributed by atoms with Gasteiger partial charge in [0.15, 0.2) is 0 Å². The molecule has 3 atom stereocenters. The summed E-state index contributed by atoms with van der Waals surface area (Å²) in [6, 6.07) is 0.877. The highest BCUT2D eigenvalue weighted by molar-refractivity contribution is 5.78. The molecule has 0 aromatic heterocycles. The van der Waals surface area contributed by atoms with Gasteiger partial charge in [0, 0.05) is 25.2 Å². The summed E-state index contributed by atoms with van der Waals surface area (Å²) in [6.07, 6.45) is 2.33. The Morgan fingerprint density at radius 2 is 2.00 bits per heavy atom. The van der Waals surface area contributed by atoms with Crippen LogP contribution in [0.15, 0.2) is 0 Å². The first-order chi connectivity index (χ1) is 9.47. The minimum Gasteiger partial charge on any atom is -0.352 e. The van der Waals surface area contributed by atoms with Crippen molar-refractivity contribution in [3.63, 3.8) is 0 Å². The highest BCUT2D eigenvalue weighted by Crippen LogP contribution is 2.20. The second-order valence-electron chi connectivity index (χ2n) is 6.46. The highest BCUT2D eigenvalue weighted by atomic mass is 16.2. The SMILES string of the molecule is CCNC1CCN(CC(=O)NC(C)C(C)C)CC1CC. The Morgan fingerprint density at radius 1 is 1.30 bits per heavy atom. The van der Waals surface area contributed by atoms with Gasteiger partial charge in [-0.3, -0.25) is 9.69 Å². The van der Waals surface area contributed by atoms with Gasteiger partial charge in [0.25, 0.3) is 0 Å². The van der Waals surface area contributed by atoms with Crippen LogP contribution in [-0.4, -0.2) is 49.1 Å². The zero-order chi connectivity index (χ0) is 15.1. The topological polar surface area (TPSA) is 44.4 Å². The van der Waals surface area contributed by atoms with Gasteiger partial charge in [0.2, 0.25) is 5.91 Å². The van der Waals surface area contributed by atoms with Gasteiger partial charge in [-0.2, -0.15) is 0 Å². The van der Waals surface area contributed by atoms with E-state index in [9.17, 15) is 4.79 Å². The number of rotatable bonds is 7. The summed E-state index contributed by atoms with van der Waals surface area (Å²) in [4.78, 5) is 14.4. The number of likely N-dealkylation sites (tertiary alicyclic amines) is 1. The van der Waals surface area contributed by atoms with Crippen LogP contribution in [0.2, 0.25) is 0 Å². The fourth-order valence-electron chi connectivity index (χ4n) is 2.87. The van der Waals surface area contributed by atoms with Crippen LogP contribution in [0.3, 0.4) is 0 Å². The van der Waals surface area contributed by atoms with Crippen LogP contribution in [0.4, 0.5) is 0 Å². The van der Waals surface area contributed by atoms with Crippen LogP contribution in [0.25, 0.3) is 0 Å². The number of amides is 1. The van der Waals surface area contributed by atoms with Gasteiger partial charge in [-0.25, -0.2) is 0 Å². The maximum atomic E-state index is 12.1. The van der Waals surface area contributed by atoms with Crippen LogP contribution in [0.5, 0.6) is 0 Å². The average Bonchev–Trinajstić information content (AvgIpc) is 2.40. The van der Waals surface area contributed by atoms with Crippen LogP contribution in [-0.2, 0) is 4.79 Å². The standard InChI is InChI=1S/C16H33N3O/c1-6-14-10-19(9-8-15(14)17-7-2)11-16(20)18-13(5)12(3)4/h12-15,17H,6-11H2,1-5H3,(H,18,20). The largest absolute Gasteiger partial charge is 0.352 e. The van der Waals surface area contributed by atoms with E-state index in [-0.39, 0.29) is 11.9 Å². The molecule has 20 heavy (non-hydrogen) atoms. The molecule has 1 amide bonds. The van der Waals surface area contributed by atoms with Crippen molar-refractivity contribution in [3.8, 4) is 0 Å². The second kappa shape index (κ2) is 8.63. The Bertz CT molecular complexity index is 293. The van der Waals surface area contributed by atoms with Gasteiger partial charge in [-0.15, -0.1) is 0 Å². The molecule has 1 aliphatic heterocycles. The van der Waals surface area contributed by atoms with Gasteiger partial charge in [0.05, 0.1) is 6.54 Å². The summed E-state index contributed by atoms with van der Waals surface area (Å²) in [7, 11) is 0. The molecular formula is C16H33N3O. The van der Waals surface area contributed by atoms with E-state index < -0.39 is 0 Å². The molecule has 0 aromatic carbocycles. The van der Waals surface area contributed by atoms with Crippen molar-refractivity contribution in [1.29, 1.82) is 0 Å². The van der Waals surface area contributed by atoms with Crippen molar-refractivity contribution in [3.05, 3.63) is 0 Å². The normalized spacial score (nSPS) is 25.7. The molecular weight excluding hydrogens is 250 g/mol. The summed E-state index contributed by atoms with van der Waals surface area (Å²) < 4.78 is 0. The van der Waals surface area contributed by atoms with E-state index in [4.69, 9.17) is 0 Å². The summed E-state index contributed by atoms with van der Waals surface area (Å²) in [5, 5.41) is 6.68. The second-order valence-corrected chi connectivity index (χ2v) is 6.46. The van der Waals surface area contributed by atoms with Crippen molar-refractivity contribution in [2.24, 2.45) is 11.8 Å². The van der Waals surface area contributed by atoms with Gasteiger partial charge in [-0.05, 0) is 31.7 Å². The molecule has 1 saturated heterocycles. The maximum Gasteiger partial charge on any atom is 0.234 e. The number of carbonyl (C=O) groups is 1. The van der Waals surface area contributed by atoms with Crippen LogP contribution >= 0.6 is 0 Å². The van der Waals surface area contributed by atoms with Crippen molar-refractivity contribution >= 4 is 5.91 Å². The zero-order valence-corrected chi connectivity index (χ0v) is 13.9. The summed E-state index contributed by atoms with van der Waals surface area (Å²) in [6.45, 7) is 14.4. The van der Waals surface area contributed by atoms with E-state index in [0.29, 0.717) is 24.4 Å². The predicted molar refractivity (Wildman–Crippen MR) is 84.7 cm³/mol. The van der Waals surface area contributed by atoms with E-state index >= 15 is 0 Å². The molecule has 2 N–H and O–H groups in total. The maximum absolute atomic E-state index is 12.1. The third-order valence-electron chi connectivity index (χ3n) is 4.56. The van der Waals surface area contributed by atoms with Crippen molar-refractivity contribution in [2.45, 2.75) is 59.5 Å². The molecule has 4 nitrogen and oxygen atoms in total. The van der Waals surface area contributed by atoms with Gasteiger partial charge in [-0.1, -0.05) is 34.1 Å². The third kappa shape index (κ3) is 5.41. The van der Waals surface area contributed by atoms with E-state index in [1.165, 1.54) is 6.42 Å². The molecule has 4 heteroatoms. The molecule has 1 fully saturated rings. The summed E-state index contributed by atoms with van der Waals surface area (Å²) in [5.74, 6) is 1.32. The lowest BCUT2D eigenvalue weighted by atomic mass is 9.90. The minimum absolute atomic E-state index is 0.169.